The molecular formula is C16H14Cl3N. The van der Waals surface area contributed by atoms with E-state index in [4.69, 9.17) is 34.8 Å². The molecule has 0 heterocycles. The predicted molar refractivity (Wildman–Crippen MR) is 87.2 cm³/mol. The second-order valence-corrected chi connectivity index (χ2v) is 6.26. The first kappa shape index (κ1) is 14.1. The van der Waals surface area contributed by atoms with Gasteiger partial charge in [-0.2, -0.15) is 0 Å². The van der Waals surface area contributed by atoms with Crippen LogP contribution >= 0.6 is 34.8 Å². The van der Waals surface area contributed by atoms with Crippen molar-refractivity contribution >= 4 is 40.5 Å². The molecule has 1 aliphatic rings. The largest absolute Gasteiger partial charge is 0.377 e. The standard InChI is InChI=1S/C16H14Cl3N/c17-12-8-14(19)16(9-13(12)18)20-15-7-3-5-10-4-1-2-6-11(10)15/h1-2,4,6,8-9,15,20H,3,5,7H2. The van der Waals surface area contributed by atoms with E-state index in [0.717, 1.165) is 18.5 Å². The average molecular weight is 327 g/mol. The van der Waals surface area contributed by atoms with Crippen LogP contribution in [0.25, 0.3) is 0 Å². The van der Waals surface area contributed by atoms with Crippen molar-refractivity contribution in [2.24, 2.45) is 0 Å². The molecule has 0 saturated carbocycles. The van der Waals surface area contributed by atoms with Gasteiger partial charge in [-0.1, -0.05) is 59.1 Å². The van der Waals surface area contributed by atoms with Gasteiger partial charge in [0.05, 0.1) is 26.8 Å². The minimum Gasteiger partial charge on any atom is -0.377 e. The number of halogens is 3. The third-order valence-corrected chi connectivity index (χ3v) is 4.74. The summed E-state index contributed by atoms with van der Waals surface area (Å²) in [6.07, 6.45) is 3.41. The Balaban J connectivity index is 1.91. The Morgan fingerprint density at radius 2 is 1.70 bits per heavy atom. The molecule has 4 heteroatoms. The summed E-state index contributed by atoms with van der Waals surface area (Å²) in [7, 11) is 0. The summed E-state index contributed by atoms with van der Waals surface area (Å²) < 4.78 is 0. The number of rotatable bonds is 2. The topological polar surface area (TPSA) is 12.0 Å². The lowest BCUT2D eigenvalue weighted by Gasteiger charge is -2.27. The van der Waals surface area contributed by atoms with Gasteiger partial charge in [0.15, 0.2) is 0 Å². The Labute approximate surface area is 133 Å². The summed E-state index contributed by atoms with van der Waals surface area (Å²) in [6.45, 7) is 0. The van der Waals surface area contributed by atoms with E-state index >= 15 is 0 Å². The molecule has 104 valence electrons. The predicted octanol–water partition coefficient (Wildman–Crippen LogP) is 6.14. The van der Waals surface area contributed by atoms with Crippen molar-refractivity contribution in [1.29, 1.82) is 0 Å². The van der Waals surface area contributed by atoms with Crippen LogP contribution in [0.15, 0.2) is 36.4 Å². The van der Waals surface area contributed by atoms with Gasteiger partial charge in [-0.3, -0.25) is 0 Å². The minimum absolute atomic E-state index is 0.273. The van der Waals surface area contributed by atoms with Crippen LogP contribution in [0.4, 0.5) is 5.69 Å². The molecule has 1 aliphatic carbocycles. The molecule has 20 heavy (non-hydrogen) atoms. The summed E-state index contributed by atoms with van der Waals surface area (Å²) in [5.74, 6) is 0. The molecule has 0 aliphatic heterocycles. The lowest BCUT2D eigenvalue weighted by molar-refractivity contribution is 0.600. The number of benzene rings is 2. The maximum Gasteiger partial charge on any atom is 0.0653 e. The van der Waals surface area contributed by atoms with Crippen molar-refractivity contribution < 1.29 is 0 Å². The lowest BCUT2D eigenvalue weighted by atomic mass is 9.87. The number of anilines is 1. The molecule has 0 spiro atoms. The van der Waals surface area contributed by atoms with Gasteiger partial charge in [0.2, 0.25) is 0 Å². The first-order valence-corrected chi connectivity index (χ1v) is 7.77. The van der Waals surface area contributed by atoms with E-state index in [2.05, 4.69) is 29.6 Å². The van der Waals surface area contributed by atoms with Crippen LogP contribution in [-0.2, 0) is 6.42 Å². The van der Waals surface area contributed by atoms with E-state index < -0.39 is 0 Å². The number of hydrogen-bond donors (Lipinski definition) is 1. The molecule has 1 nitrogen and oxygen atoms in total. The van der Waals surface area contributed by atoms with Crippen molar-refractivity contribution in [1.82, 2.24) is 0 Å². The third kappa shape index (κ3) is 2.76. The highest BCUT2D eigenvalue weighted by molar-refractivity contribution is 6.44. The van der Waals surface area contributed by atoms with Crippen molar-refractivity contribution in [3.63, 3.8) is 0 Å². The molecule has 1 N–H and O–H groups in total. The summed E-state index contributed by atoms with van der Waals surface area (Å²) in [5, 5.41) is 5.09. The zero-order chi connectivity index (χ0) is 14.1. The fourth-order valence-electron chi connectivity index (χ4n) is 2.72. The number of nitrogens with one attached hydrogen (secondary N) is 1. The molecule has 0 fully saturated rings. The molecule has 2 aromatic carbocycles. The van der Waals surface area contributed by atoms with Crippen molar-refractivity contribution in [2.75, 3.05) is 5.32 Å². The smallest absolute Gasteiger partial charge is 0.0653 e. The Morgan fingerprint density at radius 3 is 2.55 bits per heavy atom. The molecule has 0 aromatic heterocycles. The molecule has 1 unspecified atom stereocenters. The zero-order valence-electron chi connectivity index (χ0n) is 10.8. The van der Waals surface area contributed by atoms with Gasteiger partial charge in [-0.25, -0.2) is 0 Å². The number of hydrogen-bond acceptors (Lipinski definition) is 1. The number of aryl methyl sites for hydroxylation is 1. The van der Waals surface area contributed by atoms with Gasteiger partial charge in [0.1, 0.15) is 0 Å². The average Bonchev–Trinajstić information content (AvgIpc) is 2.45. The molecule has 0 bridgehead atoms. The monoisotopic (exact) mass is 325 g/mol. The van der Waals surface area contributed by atoms with E-state index in [0.29, 0.717) is 15.1 Å². The van der Waals surface area contributed by atoms with Gasteiger partial charge in [-0.15, -0.1) is 0 Å². The quantitative estimate of drug-likeness (QED) is 0.654. The van der Waals surface area contributed by atoms with Gasteiger partial charge < -0.3 is 5.32 Å². The summed E-state index contributed by atoms with van der Waals surface area (Å²) in [5.41, 5.74) is 3.59. The van der Waals surface area contributed by atoms with Gasteiger partial charge in [0, 0.05) is 0 Å². The van der Waals surface area contributed by atoms with Crippen LogP contribution in [0.5, 0.6) is 0 Å². The Morgan fingerprint density at radius 1 is 0.950 bits per heavy atom. The summed E-state index contributed by atoms with van der Waals surface area (Å²) >= 11 is 18.3. The first-order chi connectivity index (χ1) is 9.65. The minimum atomic E-state index is 0.273. The molecule has 0 saturated heterocycles. The van der Waals surface area contributed by atoms with Gasteiger partial charge in [0.25, 0.3) is 0 Å². The highest BCUT2D eigenvalue weighted by Gasteiger charge is 2.20. The van der Waals surface area contributed by atoms with Crippen LogP contribution in [-0.4, -0.2) is 0 Å². The molecule has 3 rings (SSSR count). The van der Waals surface area contributed by atoms with Crippen LogP contribution in [0.2, 0.25) is 15.1 Å². The molecule has 0 radical (unpaired) electrons. The Hall–Kier alpha value is -0.890. The first-order valence-electron chi connectivity index (χ1n) is 6.64. The van der Waals surface area contributed by atoms with E-state index in [-0.39, 0.29) is 6.04 Å². The normalized spacial score (nSPS) is 17.6. The SMILES string of the molecule is Clc1cc(Cl)c(NC2CCCc3ccccc32)cc1Cl. The lowest BCUT2D eigenvalue weighted by Crippen LogP contribution is -2.17. The van der Waals surface area contributed by atoms with Crippen LogP contribution < -0.4 is 5.32 Å². The molecular weight excluding hydrogens is 313 g/mol. The Kier molecular flexibility index (Phi) is 4.11. The highest BCUT2D eigenvalue weighted by atomic mass is 35.5. The fourth-order valence-corrected chi connectivity index (χ4v) is 3.33. The maximum atomic E-state index is 6.24. The maximum absolute atomic E-state index is 6.24. The van der Waals surface area contributed by atoms with E-state index in [1.807, 2.05) is 0 Å². The van der Waals surface area contributed by atoms with Gasteiger partial charge >= 0.3 is 0 Å². The fraction of sp³-hybridized carbons (Fsp3) is 0.250. The zero-order valence-corrected chi connectivity index (χ0v) is 13.1. The van der Waals surface area contributed by atoms with Crippen LogP contribution in [0.3, 0.4) is 0 Å². The van der Waals surface area contributed by atoms with Crippen molar-refractivity contribution in [2.45, 2.75) is 25.3 Å². The highest BCUT2D eigenvalue weighted by Crippen LogP contribution is 2.37. The van der Waals surface area contributed by atoms with Crippen molar-refractivity contribution in [3.05, 3.63) is 62.6 Å². The van der Waals surface area contributed by atoms with E-state index in [1.165, 1.54) is 17.5 Å². The van der Waals surface area contributed by atoms with Crippen LogP contribution in [0.1, 0.15) is 30.0 Å². The second kappa shape index (κ2) is 5.85. The van der Waals surface area contributed by atoms with E-state index in [1.54, 1.807) is 12.1 Å². The van der Waals surface area contributed by atoms with E-state index in [9.17, 15) is 0 Å². The molecule has 0 amide bonds. The Bertz CT molecular complexity index is 640. The second-order valence-electron chi connectivity index (χ2n) is 5.03. The third-order valence-electron chi connectivity index (χ3n) is 3.71. The molecule has 1 atom stereocenters. The summed E-state index contributed by atoms with van der Waals surface area (Å²) in [6, 6.07) is 12.3. The summed E-state index contributed by atoms with van der Waals surface area (Å²) in [4.78, 5) is 0. The van der Waals surface area contributed by atoms with Gasteiger partial charge in [-0.05, 0) is 42.5 Å². The van der Waals surface area contributed by atoms with Crippen LogP contribution in [0, 0.1) is 0 Å². The van der Waals surface area contributed by atoms with Crippen molar-refractivity contribution in [3.8, 4) is 0 Å². The molecule has 2 aromatic rings. The number of fused-ring (bicyclic) bond motifs is 1.